The molecule has 0 aromatic heterocycles. The smallest absolute Gasteiger partial charge is 0.236 e. The van der Waals surface area contributed by atoms with Gasteiger partial charge in [-0.25, -0.2) is 0 Å². The Morgan fingerprint density at radius 2 is 2.27 bits per heavy atom. The van der Waals surface area contributed by atoms with Gasteiger partial charge in [-0.15, -0.1) is 0 Å². The lowest BCUT2D eigenvalue weighted by Gasteiger charge is -2.34. The number of aliphatic hydroxyl groups excluding tert-OH is 1. The summed E-state index contributed by atoms with van der Waals surface area (Å²) in [5, 5.41) is 9.52. The van der Waals surface area contributed by atoms with Crippen LogP contribution in [-0.2, 0) is 4.79 Å². The third-order valence-corrected chi connectivity index (χ3v) is 3.08. The van der Waals surface area contributed by atoms with Gasteiger partial charge in [0.1, 0.15) is 0 Å². The Morgan fingerprint density at radius 1 is 1.60 bits per heavy atom. The molecule has 88 valence electrons. The molecule has 0 aromatic rings. The molecule has 0 saturated carbocycles. The molecule has 1 saturated heterocycles. The van der Waals surface area contributed by atoms with E-state index in [0.29, 0.717) is 12.5 Å². The van der Waals surface area contributed by atoms with E-state index in [-0.39, 0.29) is 12.0 Å². The van der Waals surface area contributed by atoms with Crippen LogP contribution in [0.3, 0.4) is 0 Å². The number of carbonyl (C=O) groups excluding carboxylic acids is 1. The van der Waals surface area contributed by atoms with E-state index in [9.17, 15) is 9.90 Å². The maximum Gasteiger partial charge on any atom is 0.236 e. The van der Waals surface area contributed by atoms with E-state index in [2.05, 4.69) is 4.90 Å². The predicted molar refractivity (Wildman–Crippen MR) is 59.5 cm³/mol. The number of nitrogens with zero attached hydrogens (tertiary/aromatic N) is 2. The molecular formula is C11H22N2O2. The van der Waals surface area contributed by atoms with Crippen molar-refractivity contribution in [3.8, 4) is 0 Å². The number of hydrogen-bond donors (Lipinski definition) is 1. The fourth-order valence-corrected chi connectivity index (χ4v) is 1.96. The summed E-state index contributed by atoms with van der Waals surface area (Å²) < 4.78 is 0. The molecule has 0 spiro atoms. The quantitative estimate of drug-likeness (QED) is 0.728. The molecule has 4 heteroatoms. The molecule has 0 aromatic carbocycles. The van der Waals surface area contributed by atoms with Crippen LogP contribution in [-0.4, -0.2) is 60.6 Å². The van der Waals surface area contributed by atoms with Gasteiger partial charge in [0.2, 0.25) is 5.91 Å². The van der Waals surface area contributed by atoms with Crippen LogP contribution < -0.4 is 0 Å². The monoisotopic (exact) mass is 214 g/mol. The third kappa shape index (κ3) is 3.80. The van der Waals surface area contributed by atoms with Crippen LogP contribution in [0.4, 0.5) is 0 Å². The molecule has 1 heterocycles. The summed E-state index contributed by atoms with van der Waals surface area (Å²) in [5.74, 6) is 0.468. The van der Waals surface area contributed by atoms with Crippen LogP contribution >= 0.6 is 0 Å². The average molecular weight is 214 g/mol. The van der Waals surface area contributed by atoms with Crippen molar-refractivity contribution in [3.63, 3.8) is 0 Å². The second-order valence-electron chi connectivity index (χ2n) is 4.67. The number of likely N-dealkylation sites (tertiary alicyclic amines) is 1. The summed E-state index contributed by atoms with van der Waals surface area (Å²) in [6.07, 6.45) is 1.89. The lowest BCUT2D eigenvalue weighted by atomic mass is 9.93. The first-order valence-electron chi connectivity index (χ1n) is 5.61. The van der Waals surface area contributed by atoms with E-state index in [1.807, 2.05) is 6.92 Å². The Morgan fingerprint density at radius 3 is 2.80 bits per heavy atom. The maximum absolute atomic E-state index is 11.5. The Bertz CT molecular complexity index is 217. The van der Waals surface area contributed by atoms with E-state index in [0.717, 1.165) is 25.9 Å². The van der Waals surface area contributed by atoms with Crippen molar-refractivity contribution < 1.29 is 9.90 Å². The van der Waals surface area contributed by atoms with Gasteiger partial charge in [-0.1, -0.05) is 0 Å². The molecule has 1 N–H and O–H groups in total. The first kappa shape index (κ1) is 12.5. The summed E-state index contributed by atoms with van der Waals surface area (Å²) in [6.45, 7) is 4.14. The lowest BCUT2D eigenvalue weighted by molar-refractivity contribution is -0.130. The minimum atomic E-state index is -0.262. The van der Waals surface area contributed by atoms with Gasteiger partial charge in [0.05, 0.1) is 12.6 Å². The van der Waals surface area contributed by atoms with Crippen molar-refractivity contribution in [2.24, 2.45) is 5.92 Å². The van der Waals surface area contributed by atoms with E-state index < -0.39 is 0 Å². The van der Waals surface area contributed by atoms with Gasteiger partial charge in [-0.2, -0.15) is 0 Å². The molecule has 15 heavy (non-hydrogen) atoms. The molecule has 0 aliphatic carbocycles. The van der Waals surface area contributed by atoms with Gasteiger partial charge >= 0.3 is 0 Å². The average Bonchev–Trinajstić information content (AvgIpc) is 2.18. The largest absolute Gasteiger partial charge is 0.393 e. The van der Waals surface area contributed by atoms with Crippen LogP contribution in [0.5, 0.6) is 0 Å². The molecule has 1 amide bonds. The lowest BCUT2D eigenvalue weighted by Crippen LogP contribution is -2.44. The van der Waals surface area contributed by atoms with Gasteiger partial charge in [-0.05, 0) is 32.2 Å². The molecule has 0 radical (unpaired) electrons. The van der Waals surface area contributed by atoms with Crippen LogP contribution in [0.1, 0.15) is 19.8 Å². The fourth-order valence-electron chi connectivity index (χ4n) is 1.96. The van der Waals surface area contributed by atoms with E-state index in [4.69, 9.17) is 0 Å². The minimum Gasteiger partial charge on any atom is -0.393 e. The van der Waals surface area contributed by atoms with Gasteiger partial charge in [0.25, 0.3) is 0 Å². The van der Waals surface area contributed by atoms with E-state index in [1.165, 1.54) is 0 Å². The van der Waals surface area contributed by atoms with E-state index >= 15 is 0 Å². The zero-order valence-corrected chi connectivity index (χ0v) is 9.94. The van der Waals surface area contributed by atoms with Crippen molar-refractivity contribution >= 4 is 5.91 Å². The van der Waals surface area contributed by atoms with Crippen LogP contribution in [0.2, 0.25) is 0 Å². The van der Waals surface area contributed by atoms with Crippen LogP contribution in [0.25, 0.3) is 0 Å². The number of piperidine rings is 1. The summed E-state index contributed by atoms with van der Waals surface area (Å²) in [5.41, 5.74) is 0. The zero-order valence-electron chi connectivity index (χ0n) is 9.94. The molecular weight excluding hydrogens is 192 g/mol. The molecule has 4 nitrogen and oxygen atoms in total. The molecule has 1 fully saturated rings. The topological polar surface area (TPSA) is 43.8 Å². The number of likely N-dealkylation sites (N-methyl/N-ethyl adjacent to an activating group) is 1. The molecule has 2 unspecified atom stereocenters. The molecule has 1 rings (SSSR count). The van der Waals surface area contributed by atoms with Crippen LogP contribution in [0.15, 0.2) is 0 Å². The summed E-state index contributed by atoms with van der Waals surface area (Å²) in [6, 6.07) is 0. The summed E-state index contributed by atoms with van der Waals surface area (Å²) in [4.78, 5) is 15.3. The van der Waals surface area contributed by atoms with Gasteiger partial charge in [-0.3, -0.25) is 9.69 Å². The standard InChI is InChI=1S/C11H22N2O2/c1-9(14)10-5-4-6-13(7-10)8-11(15)12(2)3/h9-10,14H,4-8H2,1-3H3. The van der Waals surface area contributed by atoms with Gasteiger partial charge < -0.3 is 10.0 Å². The minimum absolute atomic E-state index is 0.140. The Labute approximate surface area is 91.9 Å². The van der Waals surface area contributed by atoms with Crippen molar-refractivity contribution in [2.45, 2.75) is 25.9 Å². The Kier molecular flexibility index (Phi) is 4.54. The maximum atomic E-state index is 11.5. The van der Waals surface area contributed by atoms with Gasteiger partial charge in [0.15, 0.2) is 0 Å². The van der Waals surface area contributed by atoms with Crippen molar-refractivity contribution in [1.29, 1.82) is 0 Å². The zero-order chi connectivity index (χ0) is 11.4. The van der Waals surface area contributed by atoms with Crippen molar-refractivity contribution in [3.05, 3.63) is 0 Å². The molecule has 1 aliphatic rings. The fraction of sp³-hybridized carbons (Fsp3) is 0.909. The number of carbonyl (C=O) groups is 1. The SMILES string of the molecule is CC(O)C1CCCN(CC(=O)N(C)C)C1. The highest BCUT2D eigenvalue weighted by Gasteiger charge is 2.24. The molecule has 0 bridgehead atoms. The number of amides is 1. The third-order valence-electron chi connectivity index (χ3n) is 3.08. The molecule has 2 atom stereocenters. The second-order valence-corrected chi connectivity index (χ2v) is 4.67. The first-order valence-corrected chi connectivity index (χ1v) is 5.61. The summed E-state index contributed by atoms with van der Waals surface area (Å²) in [7, 11) is 3.55. The van der Waals surface area contributed by atoms with Crippen LogP contribution in [0, 0.1) is 5.92 Å². The van der Waals surface area contributed by atoms with Crippen molar-refractivity contribution in [2.75, 3.05) is 33.7 Å². The Hall–Kier alpha value is -0.610. The number of aliphatic hydroxyl groups is 1. The van der Waals surface area contributed by atoms with Crippen molar-refractivity contribution in [1.82, 2.24) is 9.80 Å². The van der Waals surface area contributed by atoms with E-state index in [1.54, 1.807) is 19.0 Å². The predicted octanol–water partition coefficient (Wildman–Crippen LogP) is 0.167. The highest BCUT2D eigenvalue weighted by Crippen LogP contribution is 2.19. The number of rotatable bonds is 3. The number of hydrogen-bond acceptors (Lipinski definition) is 3. The Balaban J connectivity index is 2.39. The second kappa shape index (κ2) is 5.47. The summed E-state index contributed by atoms with van der Waals surface area (Å²) >= 11 is 0. The highest BCUT2D eigenvalue weighted by molar-refractivity contribution is 5.77. The highest BCUT2D eigenvalue weighted by atomic mass is 16.3. The normalized spacial score (nSPS) is 24.9. The first-order chi connectivity index (χ1) is 7.00. The van der Waals surface area contributed by atoms with Gasteiger partial charge in [0, 0.05) is 20.6 Å². The molecule has 1 aliphatic heterocycles.